The molecule has 7 atom stereocenters. The Bertz CT molecular complexity index is 483. The Balaban J connectivity index is 1.50. The molecule has 1 nitrogen and oxygen atoms in total. The second kappa shape index (κ2) is 5.84. The van der Waals surface area contributed by atoms with Crippen LogP contribution in [0.5, 0.6) is 0 Å². The van der Waals surface area contributed by atoms with Gasteiger partial charge in [-0.05, 0) is 112 Å². The van der Waals surface area contributed by atoms with Crippen molar-refractivity contribution in [1.82, 2.24) is 0 Å². The second-order valence-electron chi connectivity index (χ2n) is 11.4. The van der Waals surface area contributed by atoms with E-state index in [1.807, 2.05) is 0 Å². The van der Waals surface area contributed by atoms with E-state index in [0.29, 0.717) is 16.9 Å². The third-order valence-corrected chi connectivity index (χ3v) is 9.96. The fraction of sp³-hybridized carbons (Fsp3) is 1.00. The van der Waals surface area contributed by atoms with Gasteiger partial charge in [0.2, 0.25) is 0 Å². The molecule has 0 bridgehead atoms. The van der Waals surface area contributed by atoms with Gasteiger partial charge in [-0.15, -0.1) is 0 Å². The van der Waals surface area contributed by atoms with Crippen molar-refractivity contribution < 1.29 is 4.43 Å². The minimum absolute atomic E-state index is 0.576. The molecule has 0 amide bonds. The van der Waals surface area contributed by atoms with E-state index in [2.05, 4.69) is 33.5 Å². The van der Waals surface area contributed by atoms with Crippen LogP contribution in [0.25, 0.3) is 0 Å². The van der Waals surface area contributed by atoms with Gasteiger partial charge >= 0.3 is 0 Å². The van der Waals surface area contributed by atoms with Gasteiger partial charge in [0, 0.05) is 6.10 Å². The quantitative estimate of drug-likeness (QED) is 0.508. The highest BCUT2D eigenvalue weighted by Gasteiger charge is 2.57. The van der Waals surface area contributed by atoms with E-state index in [0.717, 1.165) is 23.7 Å². The van der Waals surface area contributed by atoms with Gasteiger partial charge in [0.15, 0.2) is 8.32 Å². The van der Waals surface area contributed by atoms with Crippen molar-refractivity contribution in [3.05, 3.63) is 0 Å². The Morgan fingerprint density at radius 2 is 1.62 bits per heavy atom. The third kappa shape index (κ3) is 2.84. The molecule has 4 rings (SSSR count). The first-order chi connectivity index (χ1) is 11.2. The normalized spacial score (nSPS) is 51.6. The fourth-order valence-electron chi connectivity index (χ4n) is 7.82. The minimum atomic E-state index is -1.39. The first-order valence-electron chi connectivity index (χ1n) is 10.9. The molecule has 0 N–H and O–H groups in total. The number of hydrogen-bond acceptors (Lipinski definition) is 1. The van der Waals surface area contributed by atoms with E-state index < -0.39 is 8.32 Å². The van der Waals surface area contributed by atoms with Crippen LogP contribution >= 0.6 is 0 Å². The monoisotopic (exact) mass is 348 g/mol. The van der Waals surface area contributed by atoms with E-state index in [4.69, 9.17) is 4.43 Å². The number of fused-ring (bicyclic) bond motifs is 5. The lowest BCUT2D eigenvalue weighted by molar-refractivity contribution is -0.118. The van der Waals surface area contributed by atoms with Crippen LogP contribution < -0.4 is 0 Å². The van der Waals surface area contributed by atoms with Crippen molar-refractivity contribution in [3.63, 3.8) is 0 Å². The van der Waals surface area contributed by atoms with E-state index in [1.165, 1.54) is 57.8 Å². The summed E-state index contributed by atoms with van der Waals surface area (Å²) in [6.07, 6.45) is 15.4. The maximum absolute atomic E-state index is 6.53. The smallest absolute Gasteiger partial charge is 0.184 e. The lowest BCUT2D eigenvalue weighted by Crippen LogP contribution is -2.53. The van der Waals surface area contributed by atoms with Crippen LogP contribution in [-0.4, -0.2) is 14.4 Å². The van der Waals surface area contributed by atoms with Crippen molar-refractivity contribution in [3.8, 4) is 0 Å². The van der Waals surface area contributed by atoms with E-state index in [1.54, 1.807) is 6.42 Å². The number of rotatable bonds is 2. The molecule has 0 spiro atoms. The molecule has 0 saturated heterocycles. The van der Waals surface area contributed by atoms with Crippen molar-refractivity contribution in [1.29, 1.82) is 0 Å². The maximum atomic E-state index is 6.53. The molecular weight excluding hydrogens is 308 g/mol. The SMILES string of the molecule is C[C@@]12CCC[C@H]1[C@@H]1CC[C@H]3CC(O[Si](C)(C)C)CC[C@]3(C)[C@H]1CC2. The fourth-order valence-corrected chi connectivity index (χ4v) is 9.03. The summed E-state index contributed by atoms with van der Waals surface area (Å²) in [5.74, 6) is 4.09. The predicted molar refractivity (Wildman–Crippen MR) is 105 cm³/mol. The molecule has 0 aromatic carbocycles. The molecule has 1 unspecified atom stereocenters. The van der Waals surface area contributed by atoms with E-state index in [-0.39, 0.29) is 0 Å². The largest absolute Gasteiger partial charge is 0.415 e. The summed E-state index contributed by atoms with van der Waals surface area (Å²) in [6, 6.07) is 0. The molecule has 4 saturated carbocycles. The van der Waals surface area contributed by atoms with Crippen molar-refractivity contribution >= 4 is 8.32 Å². The lowest BCUT2D eigenvalue weighted by atomic mass is 9.45. The van der Waals surface area contributed by atoms with Crippen LogP contribution in [0.2, 0.25) is 19.6 Å². The predicted octanol–water partition coefficient (Wildman–Crippen LogP) is 6.64. The molecule has 0 radical (unpaired) electrons. The van der Waals surface area contributed by atoms with Crippen LogP contribution in [0.15, 0.2) is 0 Å². The van der Waals surface area contributed by atoms with Gasteiger partial charge in [-0.2, -0.15) is 0 Å². The molecule has 4 aliphatic rings. The Labute approximate surface area is 151 Å². The summed E-state index contributed by atoms with van der Waals surface area (Å²) in [6.45, 7) is 12.4. The first kappa shape index (κ1) is 17.6. The summed E-state index contributed by atoms with van der Waals surface area (Å²) in [5.41, 5.74) is 1.34. The topological polar surface area (TPSA) is 9.23 Å². The summed E-state index contributed by atoms with van der Waals surface area (Å²) in [4.78, 5) is 0. The average Bonchev–Trinajstić information content (AvgIpc) is 2.88. The standard InChI is InChI=1S/C22H40OSi/c1-21-12-6-7-19(21)18-9-8-16-15-17(23-24(3,4)5)10-14-22(16,2)20(18)11-13-21/h16-20H,6-15H2,1-5H3/t16-,17?,18-,19-,20-,21-,22-/m0/s1. The van der Waals surface area contributed by atoms with Gasteiger partial charge in [-0.1, -0.05) is 20.3 Å². The zero-order valence-electron chi connectivity index (χ0n) is 16.9. The van der Waals surface area contributed by atoms with Crippen molar-refractivity contribution in [2.45, 2.75) is 104 Å². The van der Waals surface area contributed by atoms with Crippen LogP contribution in [-0.2, 0) is 4.43 Å². The van der Waals surface area contributed by atoms with Crippen molar-refractivity contribution in [2.75, 3.05) is 0 Å². The maximum Gasteiger partial charge on any atom is 0.184 e. The van der Waals surface area contributed by atoms with Crippen LogP contribution in [0.4, 0.5) is 0 Å². The minimum Gasteiger partial charge on any atom is -0.415 e. The molecule has 0 heterocycles. The summed E-state index contributed by atoms with van der Waals surface area (Å²) in [5, 5.41) is 0. The first-order valence-corrected chi connectivity index (χ1v) is 14.3. The Morgan fingerprint density at radius 3 is 2.38 bits per heavy atom. The lowest BCUT2D eigenvalue weighted by Gasteiger charge is -2.60. The second-order valence-corrected chi connectivity index (χ2v) is 15.8. The van der Waals surface area contributed by atoms with Gasteiger partial charge in [0.05, 0.1) is 0 Å². The van der Waals surface area contributed by atoms with Crippen LogP contribution in [0, 0.1) is 34.5 Å². The van der Waals surface area contributed by atoms with Gasteiger partial charge in [0.1, 0.15) is 0 Å². The Hall–Kier alpha value is 0.177. The summed E-state index contributed by atoms with van der Waals surface area (Å²) in [7, 11) is -1.39. The van der Waals surface area contributed by atoms with E-state index in [9.17, 15) is 0 Å². The zero-order valence-corrected chi connectivity index (χ0v) is 17.9. The summed E-state index contributed by atoms with van der Waals surface area (Å²) < 4.78 is 6.53. The highest BCUT2D eigenvalue weighted by atomic mass is 28.4. The highest BCUT2D eigenvalue weighted by Crippen LogP contribution is 2.66. The third-order valence-electron chi connectivity index (χ3n) is 8.92. The zero-order chi connectivity index (χ0) is 17.2. The van der Waals surface area contributed by atoms with Crippen LogP contribution in [0.1, 0.15) is 78.1 Å². The molecule has 24 heavy (non-hydrogen) atoms. The van der Waals surface area contributed by atoms with Gasteiger partial charge in [-0.3, -0.25) is 0 Å². The van der Waals surface area contributed by atoms with Gasteiger partial charge < -0.3 is 4.43 Å². The molecular formula is C22H40OSi. The summed E-state index contributed by atoms with van der Waals surface area (Å²) >= 11 is 0. The number of hydrogen-bond donors (Lipinski definition) is 0. The highest BCUT2D eigenvalue weighted by molar-refractivity contribution is 6.69. The molecule has 138 valence electrons. The molecule has 0 aromatic heterocycles. The van der Waals surface area contributed by atoms with Gasteiger partial charge in [-0.25, -0.2) is 0 Å². The Kier molecular flexibility index (Phi) is 4.28. The van der Waals surface area contributed by atoms with Crippen LogP contribution in [0.3, 0.4) is 0 Å². The molecule has 0 aromatic rings. The van der Waals surface area contributed by atoms with E-state index >= 15 is 0 Å². The average molecular weight is 349 g/mol. The van der Waals surface area contributed by atoms with Crippen molar-refractivity contribution in [2.24, 2.45) is 34.5 Å². The molecule has 4 aliphatic carbocycles. The molecule has 4 fully saturated rings. The Morgan fingerprint density at radius 1 is 0.833 bits per heavy atom. The van der Waals surface area contributed by atoms with Gasteiger partial charge in [0.25, 0.3) is 0 Å². The molecule has 0 aliphatic heterocycles. The molecule has 2 heteroatoms.